The van der Waals surface area contributed by atoms with Gasteiger partial charge in [-0.25, -0.2) is 13.1 Å². The minimum absolute atomic E-state index is 0.0953. The second-order valence-electron chi connectivity index (χ2n) is 6.52. The first-order chi connectivity index (χ1) is 13.3. The maximum absolute atomic E-state index is 12.5. The van der Waals surface area contributed by atoms with Gasteiger partial charge in [0.25, 0.3) is 5.91 Å². The Morgan fingerprint density at radius 1 is 1.11 bits per heavy atom. The second-order valence-corrected chi connectivity index (χ2v) is 8.24. The van der Waals surface area contributed by atoms with Crippen molar-refractivity contribution in [1.29, 1.82) is 0 Å². The van der Waals surface area contributed by atoms with Crippen molar-refractivity contribution < 1.29 is 17.9 Å². The number of nitrogens with one attached hydrogen (secondary N) is 2. The number of sulfonamides is 1. The number of carbonyl (C=O) groups is 1. The van der Waals surface area contributed by atoms with E-state index in [4.69, 9.17) is 4.74 Å². The molecule has 0 bridgehead atoms. The third kappa shape index (κ3) is 5.79. The Hall–Kier alpha value is -2.42. The molecule has 8 heteroatoms. The zero-order chi connectivity index (χ0) is 20.7. The lowest BCUT2D eigenvalue weighted by Gasteiger charge is -2.24. The first-order valence-electron chi connectivity index (χ1n) is 9.03. The Balaban J connectivity index is 2.09. The van der Waals surface area contributed by atoms with Gasteiger partial charge in [-0.05, 0) is 57.2 Å². The summed E-state index contributed by atoms with van der Waals surface area (Å²) in [7, 11) is -2.16. The average molecular weight is 406 g/mol. The summed E-state index contributed by atoms with van der Waals surface area (Å²) in [6, 6.07) is 13.3. The van der Waals surface area contributed by atoms with Gasteiger partial charge in [-0.2, -0.15) is 0 Å². The molecule has 0 fully saturated rings. The SMILES string of the molecule is CCN(NC(=O)c1ccc(S(=O)(=O)N[C@@H](C)COC)cc1)c1ccc(C)cc1. The van der Waals surface area contributed by atoms with Crippen molar-refractivity contribution in [3.8, 4) is 0 Å². The highest BCUT2D eigenvalue weighted by Gasteiger charge is 2.18. The maximum Gasteiger partial charge on any atom is 0.269 e. The molecule has 152 valence electrons. The average Bonchev–Trinajstić information content (AvgIpc) is 2.66. The van der Waals surface area contributed by atoms with E-state index in [-0.39, 0.29) is 23.5 Å². The van der Waals surface area contributed by atoms with Gasteiger partial charge in [0.15, 0.2) is 0 Å². The zero-order valence-corrected chi connectivity index (χ0v) is 17.4. The number of benzene rings is 2. The molecule has 1 amide bonds. The summed E-state index contributed by atoms with van der Waals surface area (Å²) in [6.07, 6.45) is 0. The minimum atomic E-state index is -3.67. The first-order valence-corrected chi connectivity index (χ1v) is 10.5. The molecule has 0 unspecified atom stereocenters. The van der Waals surface area contributed by atoms with Crippen LogP contribution in [0.25, 0.3) is 0 Å². The number of nitrogens with zero attached hydrogens (tertiary/aromatic N) is 1. The quantitative estimate of drug-likeness (QED) is 0.626. The molecule has 0 radical (unpaired) electrons. The van der Waals surface area contributed by atoms with Crippen LogP contribution in [0.2, 0.25) is 0 Å². The number of anilines is 1. The van der Waals surface area contributed by atoms with Crippen molar-refractivity contribution in [1.82, 2.24) is 10.1 Å². The van der Waals surface area contributed by atoms with E-state index in [1.54, 1.807) is 11.9 Å². The Bertz CT molecular complexity index is 881. The summed E-state index contributed by atoms with van der Waals surface area (Å²) in [5, 5.41) is 1.74. The molecule has 1 atom stereocenters. The summed E-state index contributed by atoms with van der Waals surface area (Å²) < 4.78 is 32.2. The largest absolute Gasteiger partial charge is 0.383 e. The van der Waals surface area contributed by atoms with E-state index in [0.717, 1.165) is 11.3 Å². The molecule has 0 saturated heterocycles. The van der Waals surface area contributed by atoms with Gasteiger partial charge in [0.05, 0.1) is 17.2 Å². The third-order valence-electron chi connectivity index (χ3n) is 4.10. The Morgan fingerprint density at radius 3 is 2.25 bits per heavy atom. The monoisotopic (exact) mass is 405 g/mol. The fraction of sp³-hybridized carbons (Fsp3) is 0.350. The number of hydrogen-bond acceptors (Lipinski definition) is 5. The van der Waals surface area contributed by atoms with E-state index >= 15 is 0 Å². The number of aryl methyl sites for hydroxylation is 1. The number of carbonyl (C=O) groups excluding carboxylic acids is 1. The standard InChI is InChI=1S/C20H27N3O4S/c1-5-23(18-10-6-15(2)7-11-18)21-20(24)17-8-12-19(13-9-17)28(25,26)22-16(3)14-27-4/h6-13,16,22H,5,14H2,1-4H3,(H,21,24)/t16-/m0/s1. The molecule has 0 aliphatic carbocycles. The van der Waals surface area contributed by atoms with Gasteiger partial charge >= 0.3 is 0 Å². The molecular weight excluding hydrogens is 378 g/mol. The molecule has 28 heavy (non-hydrogen) atoms. The molecule has 0 spiro atoms. The first kappa shape index (κ1) is 21.9. The predicted octanol–water partition coefficient (Wildman–Crippen LogP) is 2.48. The van der Waals surface area contributed by atoms with Crippen molar-refractivity contribution in [2.24, 2.45) is 0 Å². The van der Waals surface area contributed by atoms with Crippen LogP contribution >= 0.6 is 0 Å². The Kier molecular flexibility index (Phi) is 7.56. The zero-order valence-electron chi connectivity index (χ0n) is 16.6. The van der Waals surface area contributed by atoms with Gasteiger partial charge in [0.2, 0.25) is 10.0 Å². The third-order valence-corrected chi connectivity index (χ3v) is 5.70. The van der Waals surface area contributed by atoms with Gasteiger partial charge in [0, 0.05) is 25.3 Å². The lowest BCUT2D eigenvalue weighted by atomic mass is 10.2. The highest BCUT2D eigenvalue weighted by atomic mass is 32.2. The Morgan fingerprint density at radius 2 is 1.71 bits per heavy atom. The smallest absolute Gasteiger partial charge is 0.269 e. The second kappa shape index (κ2) is 9.68. The van der Waals surface area contributed by atoms with E-state index in [1.807, 2.05) is 38.1 Å². The van der Waals surface area contributed by atoms with E-state index in [9.17, 15) is 13.2 Å². The van der Waals surface area contributed by atoms with Gasteiger partial charge in [0.1, 0.15) is 0 Å². The molecule has 0 aromatic heterocycles. The molecule has 2 aromatic carbocycles. The number of methoxy groups -OCH3 is 1. The van der Waals surface area contributed by atoms with Crippen molar-refractivity contribution in [3.63, 3.8) is 0 Å². The van der Waals surface area contributed by atoms with E-state index < -0.39 is 10.0 Å². The van der Waals surface area contributed by atoms with Crippen molar-refractivity contribution in [2.45, 2.75) is 31.7 Å². The maximum atomic E-state index is 12.5. The minimum Gasteiger partial charge on any atom is -0.383 e. The highest BCUT2D eigenvalue weighted by Crippen LogP contribution is 2.15. The normalized spacial score (nSPS) is 12.4. The van der Waals surface area contributed by atoms with Gasteiger partial charge in [-0.3, -0.25) is 15.2 Å². The summed E-state index contributed by atoms with van der Waals surface area (Å²) >= 11 is 0. The van der Waals surface area contributed by atoms with Crippen molar-refractivity contribution in [2.75, 3.05) is 25.3 Å². The molecule has 2 aromatic rings. The van der Waals surface area contributed by atoms with Gasteiger partial charge < -0.3 is 4.74 Å². The number of rotatable bonds is 9. The van der Waals surface area contributed by atoms with Crippen LogP contribution < -0.4 is 15.2 Å². The summed E-state index contributed by atoms with van der Waals surface area (Å²) in [4.78, 5) is 12.6. The molecule has 0 heterocycles. The van der Waals surface area contributed by atoms with Gasteiger partial charge in [-0.1, -0.05) is 17.7 Å². The van der Waals surface area contributed by atoms with Crippen LogP contribution in [0, 0.1) is 6.92 Å². The van der Waals surface area contributed by atoms with Crippen LogP contribution in [-0.4, -0.2) is 40.6 Å². The Labute approximate surface area is 166 Å². The van der Waals surface area contributed by atoms with Crippen LogP contribution in [0.4, 0.5) is 5.69 Å². The summed E-state index contributed by atoms with van der Waals surface area (Å²) in [6.45, 7) is 6.50. The van der Waals surface area contributed by atoms with Crippen LogP contribution in [0.15, 0.2) is 53.4 Å². The van der Waals surface area contributed by atoms with E-state index in [0.29, 0.717) is 12.1 Å². The lowest BCUT2D eigenvalue weighted by Crippen LogP contribution is -2.42. The number of hydrazine groups is 1. The number of ether oxygens (including phenoxy) is 1. The topological polar surface area (TPSA) is 87.7 Å². The molecular formula is C20H27N3O4S. The molecule has 0 aliphatic heterocycles. The fourth-order valence-electron chi connectivity index (χ4n) is 2.64. The fourth-order valence-corrected chi connectivity index (χ4v) is 3.87. The van der Waals surface area contributed by atoms with Crippen LogP contribution in [0.3, 0.4) is 0 Å². The van der Waals surface area contributed by atoms with Crippen molar-refractivity contribution >= 4 is 21.6 Å². The van der Waals surface area contributed by atoms with Crippen molar-refractivity contribution in [3.05, 3.63) is 59.7 Å². The summed E-state index contributed by atoms with van der Waals surface area (Å²) in [5.74, 6) is -0.313. The van der Waals surface area contributed by atoms with Crippen LogP contribution in [0.5, 0.6) is 0 Å². The summed E-state index contributed by atoms with van der Waals surface area (Å²) in [5.41, 5.74) is 5.22. The predicted molar refractivity (Wildman–Crippen MR) is 110 cm³/mol. The molecule has 2 rings (SSSR count). The molecule has 7 nitrogen and oxygen atoms in total. The number of hydrogen-bond donors (Lipinski definition) is 2. The number of amides is 1. The highest BCUT2D eigenvalue weighted by molar-refractivity contribution is 7.89. The molecule has 0 aliphatic rings. The van der Waals surface area contributed by atoms with Crippen LogP contribution in [0.1, 0.15) is 29.8 Å². The molecule has 2 N–H and O–H groups in total. The van der Waals surface area contributed by atoms with E-state index in [2.05, 4.69) is 10.1 Å². The lowest BCUT2D eigenvalue weighted by molar-refractivity contribution is 0.0949. The van der Waals surface area contributed by atoms with E-state index in [1.165, 1.54) is 31.4 Å². The molecule has 0 saturated carbocycles. The van der Waals surface area contributed by atoms with Gasteiger partial charge in [-0.15, -0.1) is 0 Å². The van der Waals surface area contributed by atoms with Crippen LogP contribution in [-0.2, 0) is 14.8 Å².